The minimum atomic E-state index is 0.108. The lowest BCUT2D eigenvalue weighted by atomic mass is 10.0. The average molecular weight is 241 g/mol. The molecule has 1 aliphatic heterocycles. The van der Waals surface area contributed by atoms with E-state index in [4.69, 9.17) is 4.74 Å². The van der Waals surface area contributed by atoms with Gasteiger partial charge in [0.1, 0.15) is 0 Å². The van der Waals surface area contributed by atoms with E-state index in [0.717, 1.165) is 13.2 Å². The topological polar surface area (TPSA) is 21.3 Å². The number of hydrogen-bond donors (Lipinski definition) is 1. The van der Waals surface area contributed by atoms with Crippen molar-refractivity contribution in [2.45, 2.75) is 83.8 Å². The molecule has 0 saturated carbocycles. The fourth-order valence-electron chi connectivity index (χ4n) is 2.52. The van der Waals surface area contributed by atoms with E-state index in [9.17, 15) is 0 Å². The second kappa shape index (κ2) is 8.10. The monoisotopic (exact) mass is 241 g/mol. The molecular formula is C15H31NO. The Kier molecular flexibility index (Phi) is 7.14. The number of hydrogen-bond acceptors (Lipinski definition) is 2. The molecule has 102 valence electrons. The molecular weight excluding hydrogens is 210 g/mol. The van der Waals surface area contributed by atoms with Crippen molar-refractivity contribution in [3.8, 4) is 0 Å². The lowest BCUT2D eigenvalue weighted by Crippen LogP contribution is -2.41. The summed E-state index contributed by atoms with van der Waals surface area (Å²) in [5.74, 6) is 0. The zero-order valence-corrected chi connectivity index (χ0v) is 12.1. The Balaban J connectivity index is 1.99. The fraction of sp³-hybridized carbons (Fsp3) is 1.00. The molecule has 0 bridgehead atoms. The summed E-state index contributed by atoms with van der Waals surface area (Å²) in [5, 5.41) is 3.63. The second-order valence-electron chi connectivity index (χ2n) is 5.89. The van der Waals surface area contributed by atoms with Crippen LogP contribution in [-0.4, -0.2) is 24.8 Å². The van der Waals surface area contributed by atoms with E-state index in [0.29, 0.717) is 6.04 Å². The molecule has 0 radical (unpaired) electrons. The molecule has 0 aromatic carbocycles. The summed E-state index contributed by atoms with van der Waals surface area (Å²) < 4.78 is 5.79. The molecule has 2 unspecified atom stereocenters. The molecule has 0 aromatic rings. The Morgan fingerprint density at radius 1 is 1.24 bits per heavy atom. The molecule has 2 nitrogen and oxygen atoms in total. The van der Waals surface area contributed by atoms with Gasteiger partial charge in [0.2, 0.25) is 0 Å². The van der Waals surface area contributed by atoms with Gasteiger partial charge in [-0.05, 0) is 33.1 Å². The first-order valence-electron chi connectivity index (χ1n) is 7.53. The van der Waals surface area contributed by atoms with Crippen molar-refractivity contribution in [2.24, 2.45) is 0 Å². The normalized spacial score (nSPS) is 26.3. The van der Waals surface area contributed by atoms with Crippen molar-refractivity contribution in [1.82, 2.24) is 5.32 Å². The SMILES string of the molecule is CCCCCCCC(C)NCC1(C)CCCO1. The lowest BCUT2D eigenvalue weighted by molar-refractivity contribution is 0.0189. The van der Waals surface area contributed by atoms with E-state index in [-0.39, 0.29) is 5.60 Å². The van der Waals surface area contributed by atoms with Crippen molar-refractivity contribution < 1.29 is 4.74 Å². The highest BCUT2D eigenvalue weighted by Gasteiger charge is 2.29. The van der Waals surface area contributed by atoms with Gasteiger partial charge in [-0.1, -0.05) is 39.0 Å². The van der Waals surface area contributed by atoms with Gasteiger partial charge in [0.15, 0.2) is 0 Å². The fourth-order valence-corrected chi connectivity index (χ4v) is 2.52. The maximum atomic E-state index is 5.79. The van der Waals surface area contributed by atoms with Gasteiger partial charge in [-0.2, -0.15) is 0 Å². The molecule has 2 atom stereocenters. The highest BCUT2D eigenvalue weighted by atomic mass is 16.5. The Labute approximate surface area is 108 Å². The van der Waals surface area contributed by atoms with Crippen molar-refractivity contribution in [1.29, 1.82) is 0 Å². The molecule has 0 amide bonds. The first-order valence-corrected chi connectivity index (χ1v) is 7.53. The third-order valence-corrected chi connectivity index (χ3v) is 3.87. The van der Waals surface area contributed by atoms with Crippen LogP contribution in [0.4, 0.5) is 0 Å². The van der Waals surface area contributed by atoms with Crippen LogP contribution in [0.1, 0.15) is 72.1 Å². The van der Waals surface area contributed by atoms with Crippen LogP contribution in [0.2, 0.25) is 0 Å². The van der Waals surface area contributed by atoms with Crippen LogP contribution in [0.3, 0.4) is 0 Å². The van der Waals surface area contributed by atoms with Crippen molar-refractivity contribution in [3.63, 3.8) is 0 Å². The van der Waals surface area contributed by atoms with E-state index < -0.39 is 0 Å². The van der Waals surface area contributed by atoms with Crippen LogP contribution in [-0.2, 0) is 4.74 Å². The Morgan fingerprint density at radius 2 is 2.00 bits per heavy atom. The largest absolute Gasteiger partial charge is 0.374 e. The molecule has 0 aromatic heterocycles. The van der Waals surface area contributed by atoms with E-state index in [1.807, 2.05) is 0 Å². The molecule has 1 saturated heterocycles. The molecule has 1 aliphatic rings. The smallest absolute Gasteiger partial charge is 0.0779 e. The van der Waals surface area contributed by atoms with Crippen LogP contribution in [0.25, 0.3) is 0 Å². The predicted molar refractivity (Wildman–Crippen MR) is 74.4 cm³/mol. The van der Waals surface area contributed by atoms with Gasteiger partial charge in [-0.15, -0.1) is 0 Å². The van der Waals surface area contributed by atoms with E-state index >= 15 is 0 Å². The van der Waals surface area contributed by atoms with E-state index in [1.165, 1.54) is 51.4 Å². The number of rotatable bonds is 9. The van der Waals surface area contributed by atoms with Gasteiger partial charge < -0.3 is 10.1 Å². The minimum absolute atomic E-state index is 0.108. The Bertz CT molecular complexity index is 187. The van der Waals surface area contributed by atoms with E-state index in [1.54, 1.807) is 0 Å². The minimum Gasteiger partial charge on any atom is -0.374 e. The van der Waals surface area contributed by atoms with Crippen molar-refractivity contribution in [2.75, 3.05) is 13.2 Å². The third-order valence-electron chi connectivity index (χ3n) is 3.87. The highest BCUT2D eigenvalue weighted by Crippen LogP contribution is 2.24. The lowest BCUT2D eigenvalue weighted by Gasteiger charge is -2.26. The first-order chi connectivity index (χ1) is 8.16. The molecule has 1 heterocycles. The summed E-state index contributed by atoms with van der Waals surface area (Å²) in [6.45, 7) is 8.78. The quantitative estimate of drug-likeness (QED) is 0.618. The van der Waals surface area contributed by atoms with Gasteiger partial charge in [0.05, 0.1) is 5.60 Å². The van der Waals surface area contributed by atoms with Crippen LogP contribution < -0.4 is 5.32 Å². The molecule has 1 N–H and O–H groups in total. The third kappa shape index (κ3) is 6.42. The van der Waals surface area contributed by atoms with Crippen LogP contribution in [0, 0.1) is 0 Å². The van der Waals surface area contributed by atoms with Crippen LogP contribution in [0.15, 0.2) is 0 Å². The molecule has 0 aliphatic carbocycles. The van der Waals surface area contributed by atoms with Crippen LogP contribution >= 0.6 is 0 Å². The van der Waals surface area contributed by atoms with Gasteiger partial charge in [-0.3, -0.25) is 0 Å². The van der Waals surface area contributed by atoms with Gasteiger partial charge in [-0.25, -0.2) is 0 Å². The summed E-state index contributed by atoms with van der Waals surface area (Å²) in [6, 6.07) is 0.637. The summed E-state index contributed by atoms with van der Waals surface area (Å²) >= 11 is 0. The molecule has 0 spiro atoms. The maximum absolute atomic E-state index is 5.79. The van der Waals surface area contributed by atoms with Crippen molar-refractivity contribution in [3.05, 3.63) is 0 Å². The standard InChI is InChI=1S/C15H31NO/c1-4-5-6-7-8-10-14(2)16-13-15(3)11-9-12-17-15/h14,16H,4-13H2,1-3H3. The summed E-state index contributed by atoms with van der Waals surface area (Å²) in [6.07, 6.45) is 10.6. The molecule has 1 rings (SSSR count). The summed E-state index contributed by atoms with van der Waals surface area (Å²) in [4.78, 5) is 0. The number of unbranched alkanes of at least 4 members (excludes halogenated alkanes) is 4. The predicted octanol–water partition coefficient (Wildman–Crippen LogP) is 3.89. The van der Waals surface area contributed by atoms with Gasteiger partial charge in [0.25, 0.3) is 0 Å². The van der Waals surface area contributed by atoms with Gasteiger partial charge in [0, 0.05) is 19.2 Å². The Morgan fingerprint density at radius 3 is 2.65 bits per heavy atom. The average Bonchev–Trinajstić information content (AvgIpc) is 2.74. The molecule has 1 fully saturated rings. The molecule has 2 heteroatoms. The maximum Gasteiger partial charge on any atom is 0.0779 e. The van der Waals surface area contributed by atoms with Crippen molar-refractivity contribution >= 4 is 0 Å². The van der Waals surface area contributed by atoms with Crippen LogP contribution in [0.5, 0.6) is 0 Å². The summed E-state index contributed by atoms with van der Waals surface area (Å²) in [7, 11) is 0. The number of nitrogens with one attached hydrogen (secondary N) is 1. The zero-order chi connectivity index (χ0) is 12.6. The summed E-state index contributed by atoms with van der Waals surface area (Å²) in [5.41, 5.74) is 0.108. The second-order valence-corrected chi connectivity index (χ2v) is 5.89. The van der Waals surface area contributed by atoms with Gasteiger partial charge >= 0.3 is 0 Å². The molecule has 17 heavy (non-hydrogen) atoms. The first kappa shape index (κ1) is 15.0. The Hall–Kier alpha value is -0.0800. The zero-order valence-electron chi connectivity index (χ0n) is 12.1. The number of ether oxygens (including phenoxy) is 1. The highest BCUT2D eigenvalue weighted by molar-refractivity contribution is 4.83. The van der Waals surface area contributed by atoms with E-state index in [2.05, 4.69) is 26.1 Å².